The third-order valence-electron chi connectivity index (χ3n) is 3.69. The van der Waals surface area contributed by atoms with E-state index in [1.54, 1.807) is 0 Å². The third kappa shape index (κ3) is 2.73. The number of carbonyl (C=O) groups is 1. The second-order valence-corrected chi connectivity index (χ2v) is 5.82. The first kappa shape index (κ1) is 13.4. The molecule has 0 aliphatic carbocycles. The van der Waals surface area contributed by atoms with E-state index in [1.165, 1.54) is 0 Å². The van der Waals surface area contributed by atoms with Gasteiger partial charge in [-0.2, -0.15) is 0 Å². The molecule has 0 N–H and O–H groups in total. The predicted molar refractivity (Wildman–Crippen MR) is 66.9 cm³/mol. The van der Waals surface area contributed by atoms with Gasteiger partial charge in [0.25, 0.3) is 0 Å². The van der Waals surface area contributed by atoms with Crippen molar-refractivity contribution >= 4 is 19.4 Å². The van der Waals surface area contributed by atoms with Gasteiger partial charge in [0.05, 0.1) is 0 Å². The number of esters is 1. The summed E-state index contributed by atoms with van der Waals surface area (Å²) in [7, 11) is 7.26. The summed E-state index contributed by atoms with van der Waals surface area (Å²) >= 11 is 0. The van der Waals surface area contributed by atoms with Crippen LogP contribution in [0.5, 0.6) is 0 Å². The first-order valence-electron chi connectivity index (χ1n) is 5.68. The summed E-state index contributed by atoms with van der Waals surface area (Å²) in [5.74, 6) is 0.555. The van der Waals surface area contributed by atoms with E-state index < -0.39 is 5.97 Å². The number of hydrogen-bond donors (Lipinski definition) is 0. The van der Waals surface area contributed by atoms with Crippen LogP contribution >= 0.6 is 0 Å². The summed E-state index contributed by atoms with van der Waals surface area (Å²) in [6.45, 7) is 8.67. The summed E-state index contributed by atoms with van der Waals surface area (Å²) < 4.78 is 5.31. The van der Waals surface area contributed by atoms with Crippen molar-refractivity contribution in [3.63, 3.8) is 0 Å². The van der Waals surface area contributed by atoms with Crippen molar-refractivity contribution in [2.24, 2.45) is 0 Å². The summed E-state index contributed by atoms with van der Waals surface area (Å²) in [6, 6.07) is 0. The second kappa shape index (κ2) is 4.32. The van der Waals surface area contributed by atoms with Crippen LogP contribution in [0.15, 0.2) is 0 Å². The molecule has 1 rings (SSSR count). The molecule has 16 heavy (non-hydrogen) atoms. The summed E-state index contributed by atoms with van der Waals surface area (Å²) in [4.78, 5) is 13.5. The zero-order chi connectivity index (χ0) is 12.6. The van der Waals surface area contributed by atoms with Crippen molar-refractivity contribution in [1.82, 2.24) is 4.90 Å². The molecule has 1 radical (unpaired) electrons. The molecule has 1 aliphatic heterocycles. The molecule has 0 bridgehead atoms. The average molecular weight is 222 g/mol. The van der Waals surface area contributed by atoms with E-state index in [0.717, 1.165) is 18.8 Å². The third-order valence-corrected chi connectivity index (χ3v) is 3.69. The molecule has 0 saturated carbocycles. The van der Waals surface area contributed by atoms with Gasteiger partial charge in [0.2, 0.25) is 0 Å². The van der Waals surface area contributed by atoms with Crippen molar-refractivity contribution in [1.29, 1.82) is 0 Å². The Morgan fingerprint density at radius 3 is 2.12 bits per heavy atom. The number of hydrogen-bond acceptors (Lipinski definition) is 3. The van der Waals surface area contributed by atoms with Crippen molar-refractivity contribution in [2.75, 3.05) is 7.05 Å². The number of nitrogens with zero attached hydrogens (tertiary/aromatic N) is 1. The Bertz CT molecular complexity index is 281. The molecule has 0 atom stereocenters. The van der Waals surface area contributed by atoms with Gasteiger partial charge in [-0.3, -0.25) is 0 Å². The Hall–Kier alpha value is -0.635. The Balaban J connectivity index is 2.78. The summed E-state index contributed by atoms with van der Waals surface area (Å²) in [6.07, 6.45) is 1.63. The Morgan fingerprint density at radius 2 is 1.75 bits per heavy atom. The maximum atomic E-state index is 11.2. The molecule has 1 aliphatic rings. The molecule has 4 heteroatoms. The number of rotatable bonds is 2. The van der Waals surface area contributed by atoms with E-state index in [1.807, 2.05) is 0 Å². The Kier molecular flexibility index (Phi) is 3.63. The SMILES string of the molecule is [B]=CC(=O)OC1CC(C)(C)N(C)C(C)(C)C1. The fourth-order valence-electron chi connectivity index (χ4n) is 2.57. The molecule has 3 nitrogen and oxygen atoms in total. The monoisotopic (exact) mass is 222 g/mol. The van der Waals surface area contributed by atoms with E-state index in [2.05, 4.69) is 39.6 Å². The average Bonchev–Trinajstić information content (AvgIpc) is 2.13. The quantitative estimate of drug-likeness (QED) is 0.518. The van der Waals surface area contributed by atoms with Gasteiger partial charge in [-0.15, -0.1) is 0 Å². The van der Waals surface area contributed by atoms with Crippen molar-refractivity contribution in [3.8, 4) is 0 Å². The zero-order valence-corrected chi connectivity index (χ0v) is 10.9. The number of carbonyl (C=O) groups excluding carboxylic acids is 1. The van der Waals surface area contributed by atoms with E-state index in [9.17, 15) is 4.79 Å². The van der Waals surface area contributed by atoms with Crippen LogP contribution in [0.3, 0.4) is 0 Å². The Morgan fingerprint density at radius 1 is 1.31 bits per heavy atom. The predicted octanol–water partition coefficient (Wildman–Crippen LogP) is 1.15. The van der Waals surface area contributed by atoms with Crippen molar-refractivity contribution in [2.45, 2.75) is 57.7 Å². The first-order valence-corrected chi connectivity index (χ1v) is 5.68. The second-order valence-electron chi connectivity index (χ2n) is 5.82. The molecule has 0 spiro atoms. The van der Waals surface area contributed by atoms with Gasteiger partial charge in [-0.25, -0.2) is 0 Å². The van der Waals surface area contributed by atoms with E-state index in [0.29, 0.717) is 0 Å². The van der Waals surface area contributed by atoms with Gasteiger partial charge in [-0.1, -0.05) is 0 Å². The van der Waals surface area contributed by atoms with Crippen molar-refractivity contribution < 1.29 is 9.53 Å². The molecule has 0 amide bonds. The van der Waals surface area contributed by atoms with Gasteiger partial charge in [0, 0.05) is 0 Å². The fourth-order valence-corrected chi connectivity index (χ4v) is 2.57. The Labute approximate surface area is 99.2 Å². The molecule has 0 unspecified atom stereocenters. The van der Waals surface area contributed by atoms with Gasteiger partial charge in [-0.05, 0) is 0 Å². The molecule has 1 saturated heterocycles. The van der Waals surface area contributed by atoms with Gasteiger partial charge < -0.3 is 0 Å². The van der Waals surface area contributed by atoms with Gasteiger partial charge in [0.15, 0.2) is 0 Å². The molecule has 1 fully saturated rings. The summed E-state index contributed by atoms with van der Waals surface area (Å²) in [5, 5.41) is 0. The minimum atomic E-state index is -0.429. The van der Waals surface area contributed by atoms with Crippen LogP contribution in [0.4, 0.5) is 0 Å². The number of piperidine rings is 1. The van der Waals surface area contributed by atoms with Crippen molar-refractivity contribution in [3.05, 3.63) is 0 Å². The van der Waals surface area contributed by atoms with Crippen LogP contribution in [0, 0.1) is 0 Å². The van der Waals surface area contributed by atoms with Crippen LogP contribution < -0.4 is 0 Å². The number of ether oxygens (including phenoxy) is 1. The minimum absolute atomic E-state index is 0.0291. The molecular formula is C12H21BNO2. The van der Waals surface area contributed by atoms with Crippen LogP contribution in [-0.2, 0) is 9.53 Å². The van der Waals surface area contributed by atoms with E-state index in [4.69, 9.17) is 12.2 Å². The molecule has 0 aromatic rings. The van der Waals surface area contributed by atoms with E-state index >= 15 is 0 Å². The molecule has 89 valence electrons. The van der Waals surface area contributed by atoms with Gasteiger partial charge in [0.1, 0.15) is 0 Å². The molecule has 0 aromatic heterocycles. The van der Waals surface area contributed by atoms with Gasteiger partial charge >= 0.3 is 98.6 Å². The number of likely N-dealkylation sites (tertiary alicyclic amines) is 1. The maximum absolute atomic E-state index is 11.2. The molecule has 1 heterocycles. The fraction of sp³-hybridized carbons (Fsp3) is 0.833. The normalized spacial score (nSPS) is 25.0. The standard InChI is InChI=1S/C12H21BNO2/c1-11(2)6-9(16-10(15)8-13)7-12(3,4)14(11)5/h8-9H,6-7H2,1-5H3. The molecular weight excluding hydrogens is 201 g/mol. The zero-order valence-electron chi connectivity index (χ0n) is 10.9. The first-order chi connectivity index (χ1) is 7.19. The molecule has 0 aromatic carbocycles. The topological polar surface area (TPSA) is 29.5 Å². The van der Waals surface area contributed by atoms with Crippen LogP contribution in [0.1, 0.15) is 40.5 Å². The summed E-state index contributed by atoms with van der Waals surface area (Å²) in [5.41, 5.74) is 0.0581. The van der Waals surface area contributed by atoms with Crippen LogP contribution in [0.25, 0.3) is 0 Å². The van der Waals surface area contributed by atoms with Crippen LogP contribution in [0.2, 0.25) is 0 Å². The van der Waals surface area contributed by atoms with E-state index in [-0.39, 0.29) is 17.2 Å². The van der Waals surface area contributed by atoms with Crippen LogP contribution in [-0.4, -0.2) is 48.6 Å².